The van der Waals surface area contributed by atoms with Crippen molar-refractivity contribution in [1.29, 1.82) is 5.26 Å². The third kappa shape index (κ3) is 3.57. The number of aryl methyl sites for hydroxylation is 1. The largest absolute Gasteiger partial charge is 0.269 e. The van der Waals surface area contributed by atoms with E-state index in [0.29, 0.717) is 0 Å². The summed E-state index contributed by atoms with van der Waals surface area (Å²) in [6.45, 7) is 0. The number of non-ortho nitro benzene ring substituents is 1. The number of rotatable bonds is 4. The highest BCUT2D eigenvalue weighted by Gasteiger charge is 2.30. The zero-order valence-electron chi connectivity index (χ0n) is 11.7. The van der Waals surface area contributed by atoms with Crippen molar-refractivity contribution in [3.63, 3.8) is 0 Å². The molecular formula is C16H20N2O2. The summed E-state index contributed by atoms with van der Waals surface area (Å²) in [5, 5.41) is 20.1. The summed E-state index contributed by atoms with van der Waals surface area (Å²) in [4.78, 5) is 10.2. The van der Waals surface area contributed by atoms with Gasteiger partial charge in [-0.2, -0.15) is 5.26 Å². The van der Waals surface area contributed by atoms with Crippen LogP contribution in [0.1, 0.15) is 50.5 Å². The lowest BCUT2D eigenvalue weighted by Gasteiger charge is -2.24. The minimum atomic E-state index is -0.383. The highest BCUT2D eigenvalue weighted by Crippen LogP contribution is 2.38. The number of nitrogens with zero attached hydrogens (tertiary/aromatic N) is 2. The van der Waals surface area contributed by atoms with Crippen molar-refractivity contribution in [2.45, 2.75) is 51.4 Å². The third-order valence-electron chi connectivity index (χ3n) is 4.34. The average Bonchev–Trinajstić information content (AvgIpc) is 2.72. The predicted octanol–water partition coefficient (Wildman–Crippen LogP) is 4.39. The van der Waals surface area contributed by atoms with Crippen LogP contribution in [-0.4, -0.2) is 4.92 Å². The Hall–Kier alpha value is -1.89. The lowest BCUT2D eigenvalue weighted by atomic mass is 9.77. The first-order chi connectivity index (χ1) is 9.65. The molecule has 106 valence electrons. The van der Waals surface area contributed by atoms with Crippen LogP contribution < -0.4 is 0 Å². The zero-order chi connectivity index (χ0) is 14.4. The number of benzene rings is 1. The minimum absolute atomic E-state index is 0.123. The molecule has 0 saturated heterocycles. The molecule has 1 fully saturated rings. The predicted molar refractivity (Wildman–Crippen MR) is 77.2 cm³/mol. The van der Waals surface area contributed by atoms with E-state index in [1.165, 1.54) is 12.8 Å². The zero-order valence-corrected chi connectivity index (χ0v) is 11.7. The third-order valence-corrected chi connectivity index (χ3v) is 4.34. The summed E-state index contributed by atoms with van der Waals surface area (Å²) >= 11 is 0. The van der Waals surface area contributed by atoms with Gasteiger partial charge in [0, 0.05) is 12.1 Å². The molecule has 1 aromatic rings. The molecule has 1 aromatic carbocycles. The van der Waals surface area contributed by atoms with Crippen LogP contribution in [0.25, 0.3) is 0 Å². The van der Waals surface area contributed by atoms with Gasteiger partial charge in [-0.05, 0) is 31.2 Å². The van der Waals surface area contributed by atoms with Gasteiger partial charge in [0.1, 0.15) is 0 Å². The second-order valence-electron chi connectivity index (χ2n) is 5.73. The van der Waals surface area contributed by atoms with Gasteiger partial charge in [-0.1, -0.05) is 37.8 Å². The SMILES string of the molecule is N#CC1(CCc2ccc([N+](=O)[O-])cc2)CCCCCC1. The summed E-state index contributed by atoms with van der Waals surface area (Å²) < 4.78 is 0. The minimum Gasteiger partial charge on any atom is -0.258 e. The molecule has 0 atom stereocenters. The Balaban J connectivity index is 1.99. The van der Waals surface area contributed by atoms with E-state index in [9.17, 15) is 15.4 Å². The molecule has 1 aliphatic rings. The van der Waals surface area contributed by atoms with E-state index < -0.39 is 0 Å². The highest BCUT2D eigenvalue weighted by molar-refractivity contribution is 5.33. The molecule has 0 N–H and O–H groups in total. The van der Waals surface area contributed by atoms with E-state index in [2.05, 4.69) is 6.07 Å². The van der Waals surface area contributed by atoms with Crippen molar-refractivity contribution < 1.29 is 4.92 Å². The number of hydrogen-bond donors (Lipinski definition) is 0. The van der Waals surface area contributed by atoms with Crippen LogP contribution in [0.15, 0.2) is 24.3 Å². The van der Waals surface area contributed by atoms with E-state index in [-0.39, 0.29) is 16.0 Å². The molecule has 4 heteroatoms. The molecule has 2 rings (SSSR count). The summed E-state index contributed by atoms with van der Waals surface area (Å²) in [6, 6.07) is 9.25. The van der Waals surface area contributed by atoms with Crippen molar-refractivity contribution >= 4 is 5.69 Å². The quantitative estimate of drug-likeness (QED) is 0.463. The van der Waals surface area contributed by atoms with Gasteiger partial charge in [-0.3, -0.25) is 10.1 Å². The summed E-state index contributed by atoms with van der Waals surface area (Å²) in [6.07, 6.45) is 8.45. The topological polar surface area (TPSA) is 66.9 Å². The number of nitro benzene ring substituents is 1. The van der Waals surface area contributed by atoms with Gasteiger partial charge in [-0.25, -0.2) is 0 Å². The van der Waals surface area contributed by atoms with Gasteiger partial charge in [0.2, 0.25) is 0 Å². The fourth-order valence-electron chi connectivity index (χ4n) is 2.99. The Labute approximate surface area is 119 Å². The molecule has 0 radical (unpaired) electrons. The van der Waals surface area contributed by atoms with Gasteiger partial charge >= 0.3 is 0 Å². The van der Waals surface area contributed by atoms with Crippen molar-refractivity contribution in [1.82, 2.24) is 0 Å². The molecule has 4 nitrogen and oxygen atoms in total. The molecule has 0 aromatic heterocycles. The van der Waals surface area contributed by atoms with Crippen molar-refractivity contribution in [3.8, 4) is 6.07 Å². The number of nitriles is 1. The molecule has 0 amide bonds. The smallest absolute Gasteiger partial charge is 0.258 e. The van der Waals surface area contributed by atoms with Crippen molar-refractivity contribution in [2.24, 2.45) is 5.41 Å². The van der Waals surface area contributed by atoms with Crippen LogP contribution in [0.4, 0.5) is 5.69 Å². The Morgan fingerprint density at radius 3 is 2.25 bits per heavy atom. The molecule has 0 heterocycles. The van der Waals surface area contributed by atoms with Crippen LogP contribution in [0.5, 0.6) is 0 Å². The second kappa shape index (κ2) is 6.51. The van der Waals surface area contributed by atoms with Gasteiger partial charge in [0.25, 0.3) is 5.69 Å². The van der Waals surface area contributed by atoms with Crippen molar-refractivity contribution in [3.05, 3.63) is 39.9 Å². The molecule has 0 bridgehead atoms. The normalized spacial score (nSPS) is 17.9. The monoisotopic (exact) mass is 272 g/mol. The van der Waals surface area contributed by atoms with E-state index >= 15 is 0 Å². The van der Waals surface area contributed by atoms with Gasteiger partial charge in [-0.15, -0.1) is 0 Å². The first kappa shape index (κ1) is 14.5. The Morgan fingerprint density at radius 2 is 1.75 bits per heavy atom. The maximum Gasteiger partial charge on any atom is 0.269 e. The molecular weight excluding hydrogens is 252 g/mol. The molecule has 0 aliphatic heterocycles. The number of hydrogen-bond acceptors (Lipinski definition) is 3. The van der Waals surface area contributed by atoms with E-state index in [4.69, 9.17) is 0 Å². The van der Waals surface area contributed by atoms with Crippen LogP contribution in [0.2, 0.25) is 0 Å². The first-order valence-electron chi connectivity index (χ1n) is 7.30. The molecule has 0 unspecified atom stereocenters. The fraction of sp³-hybridized carbons (Fsp3) is 0.562. The molecule has 0 spiro atoms. The van der Waals surface area contributed by atoms with Crippen LogP contribution in [0.3, 0.4) is 0 Å². The van der Waals surface area contributed by atoms with Crippen molar-refractivity contribution in [2.75, 3.05) is 0 Å². The average molecular weight is 272 g/mol. The number of nitro groups is 1. The van der Waals surface area contributed by atoms with Crippen LogP contribution in [-0.2, 0) is 6.42 Å². The molecule has 1 saturated carbocycles. The van der Waals surface area contributed by atoms with Crippen LogP contribution in [0, 0.1) is 26.9 Å². The summed E-state index contributed by atoms with van der Waals surface area (Å²) in [5.41, 5.74) is 1.02. The summed E-state index contributed by atoms with van der Waals surface area (Å²) in [5.74, 6) is 0. The lowest BCUT2D eigenvalue weighted by molar-refractivity contribution is -0.384. The standard InChI is InChI=1S/C16H20N2O2/c17-13-16(10-3-1-2-4-11-16)12-9-14-5-7-15(8-6-14)18(19)20/h5-8H,1-4,9-12H2. The first-order valence-corrected chi connectivity index (χ1v) is 7.30. The fourth-order valence-corrected chi connectivity index (χ4v) is 2.99. The van der Waals surface area contributed by atoms with E-state index in [1.54, 1.807) is 24.3 Å². The van der Waals surface area contributed by atoms with Gasteiger partial charge in [0.15, 0.2) is 0 Å². The van der Waals surface area contributed by atoms with Crippen LogP contribution >= 0.6 is 0 Å². The second-order valence-corrected chi connectivity index (χ2v) is 5.73. The maximum atomic E-state index is 10.6. The Morgan fingerprint density at radius 1 is 1.15 bits per heavy atom. The molecule has 20 heavy (non-hydrogen) atoms. The Kier molecular flexibility index (Phi) is 4.73. The summed E-state index contributed by atoms with van der Waals surface area (Å²) in [7, 11) is 0. The van der Waals surface area contributed by atoms with E-state index in [0.717, 1.165) is 44.1 Å². The van der Waals surface area contributed by atoms with Gasteiger partial charge in [0.05, 0.1) is 16.4 Å². The Bertz CT molecular complexity index is 494. The van der Waals surface area contributed by atoms with E-state index in [1.807, 2.05) is 0 Å². The lowest BCUT2D eigenvalue weighted by Crippen LogP contribution is -2.18. The maximum absolute atomic E-state index is 10.6. The van der Waals surface area contributed by atoms with Gasteiger partial charge < -0.3 is 0 Å². The highest BCUT2D eigenvalue weighted by atomic mass is 16.6. The molecule has 1 aliphatic carbocycles.